The van der Waals surface area contributed by atoms with Crippen LogP contribution in [0.1, 0.15) is 62.3 Å². The fourth-order valence-corrected chi connectivity index (χ4v) is 5.76. The molecule has 2 aromatic rings. The standard InChI is InChI=1S/C32H40N2O6/c1-3-4-5-17-39-26-10-7-23(8-11-26)29-28(30(35)24-9-12-27-25(21-24)20-22(2)40-27)31(36)32(37)34(29)14-6-13-33-15-18-38-19-16-33/h7-12,21-22,29,35H,3-6,13-20H2,1-2H3/b30-28+. The lowest BCUT2D eigenvalue weighted by Gasteiger charge is -2.29. The zero-order valence-electron chi connectivity index (χ0n) is 23.6. The molecule has 1 N–H and O–H groups in total. The van der Waals surface area contributed by atoms with Gasteiger partial charge in [0, 0.05) is 38.2 Å². The van der Waals surface area contributed by atoms with Crippen molar-refractivity contribution in [2.24, 2.45) is 0 Å². The molecule has 2 atom stereocenters. The maximum atomic E-state index is 13.4. The quantitative estimate of drug-likeness (QED) is 0.188. The summed E-state index contributed by atoms with van der Waals surface area (Å²) in [5.41, 5.74) is 2.40. The Morgan fingerprint density at radius 3 is 2.55 bits per heavy atom. The first-order valence-electron chi connectivity index (χ1n) is 14.6. The Balaban J connectivity index is 1.43. The molecule has 2 fully saturated rings. The van der Waals surface area contributed by atoms with Crippen molar-refractivity contribution >= 4 is 17.4 Å². The van der Waals surface area contributed by atoms with Gasteiger partial charge >= 0.3 is 0 Å². The van der Waals surface area contributed by atoms with Crippen molar-refractivity contribution in [3.05, 3.63) is 64.7 Å². The summed E-state index contributed by atoms with van der Waals surface area (Å²) < 4.78 is 17.1. The fraction of sp³-hybridized carbons (Fsp3) is 0.500. The molecule has 0 radical (unpaired) electrons. The first kappa shape index (κ1) is 28.2. The summed E-state index contributed by atoms with van der Waals surface area (Å²) in [6, 6.07) is 12.3. The van der Waals surface area contributed by atoms with Crippen molar-refractivity contribution in [1.82, 2.24) is 9.80 Å². The van der Waals surface area contributed by atoms with Crippen LogP contribution in [-0.2, 0) is 20.7 Å². The second kappa shape index (κ2) is 12.9. The van der Waals surface area contributed by atoms with Gasteiger partial charge in [0.1, 0.15) is 23.4 Å². The van der Waals surface area contributed by atoms with Gasteiger partial charge in [0.25, 0.3) is 11.7 Å². The number of Topliss-reactive ketones (excluding diaryl/α,β-unsaturated/α-hetero) is 1. The van der Waals surface area contributed by atoms with E-state index in [1.807, 2.05) is 43.3 Å². The molecule has 2 aromatic carbocycles. The number of aliphatic hydroxyl groups is 1. The van der Waals surface area contributed by atoms with Crippen molar-refractivity contribution < 1.29 is 28.9 Å². The minimum Gasteiger partial charge on any atom is -0.507 e. The highest BCUT2D eigenvalue weighted by Crippen LogP contribution is 2.41. The lowest BCUT2D eigenvalue weighted by molar-refractivity contribution is -0.140. The number of nitrogens with zero attached hydrogens (tertiary/aromatic N) is 2. The topological polar surface area (TPSA) is 88.5 Å². The highest BCUT2D eigenvalue weighted by molar-refractivity contribution is 6.46. The number of carbonyl (C=O) groups excluding carboxylic acids is 2. The Morgan fingerprint density at radius 1 is 1.02 bits per heavy atom. The molecule has 5 rings (SSSR count). The number of hydrogen-bond acceptors (Lipinski definition) is 7. The van der Waals surface area contributed by atoms with Gasteiger partial charge in [-0.1, -0.05) is 31.9 Å². The third kappa shape index (κ3) is 6.18. The van der Waals surface area contributed by atoms with Crippen LogP contribution >= 0.6 is 0 Å². The summed E-state index contributed by atoms with van der Waals surface area (Å²) in [5, 5.41) is 11.5. The van der Waals surface area contributed by atoms with Crippen LogP contribution in [0.3, 0.4) is 0 Å². The summed E-state index contributed by atoms with van der Waals surface area (Å²) in [6.07, 6.45) is 4.75. The highest BCUT2D eigenvalue weighted by atomic mass is 16.5. The lowest BCUT2D eigenvalue weighted by Crippen LogP contribution is -2.38. The van der Waals surface area contributed by atoms with Gasteiger partial charge in [-0.05, 0) is 61.2 Å². The minimum atomic E-state index is -0.678. The molecule has 0 spiro atoms. The average molecular weight is 549 g/mol. The zero-order valence-corrected chi connectivity index (χ0v) is 23.6. The van der Waals surface area contributed by atoms with E-state index < -0.39 is 17.7 Å². The number of aliphatic hydroxyl groups excluding tert-OH is 1. The summed E-state index contributed by atoms with van der Waals surface area (Å²) in [5.74, 6) is 0.155. The predicted octanol–water partition coefficient (Wildman–Crippen LogP) is 4.72. The molecule has 0 bridgehead atoms. The number of rotatable bonds is 11. The number of hydrogen-bond donors (Lipinski definition) is 1. The molecular formula is C32H40N2O6. The van der Waals surface area contributed by atoms with Crippen LogP contribution in [0.2, 0.25) is 0 Å². The van der Waals surface area contributed by atoms with Gasteiger partial charge in [0.15, 0.2) is 0 Å². The van der Waals surface area contributed by atoms with Gasteiger partial charge in [-0.25, -0.2) is 0 Å². The predicted molar refractivity (Wildman–Crippen MR) is 153 cm³/mol. The lowest BCUT2D eigenvalue weighted by atomic mass is 9.94. The van der Waals surface area contributed by atoms with Crippen LogP contribution in [0.25, 0.3) is 5.76 Å². The molecular weight excluding hydrogens is 508 g/mol. The largest absolute Gasteiger partial charge is 0.507 e. The van der Waals surface area contributed by atoms with E-state index in [1.54, 1.807) is 11.0 Å². The molecule has 0 saturated carbocycles. The van der Waals surface area contributed by atoms with Crippen LogP contribution in [0.4, 0.5) is 0 Å². The molecule has 214 valence electrons. The Bertz CT molecular complexity index is 1230. The zero-order chi connectivity index (χ0) is 28.1. The minimum absolute atomic E-state index is 0.0622. The van der Waals surface area contributed by atoms with E-state index in [9.17, 15) is 14.7 Å². The van der Waals surface area contributed by atoms with Gasteiger partial charge in [-0.15, -0.1) is 0 Å². The molecule has 0 aliphatic carbocycles. The Kier molecular flexibility index (Phi) is 9.07. The number of amides is 1. The number of fused-ring (bicyclic) bond motifs is 1. The molecule has 3 aliphatic heterocycles. The smallest absolute Gasteiger partial charge is 0.295 e. The molecule has 0 aromatic heterocycles. The molecule has 3 heterocycles. The molecule has 3 aliphatic rings. The van der Waals surface area contributed by atoms with E-state index in [2.05, 4.69) is 11.8 Å². The second-order valence-corrected chi connectivity index (χ2v) is 10.9. The van der Waals surface area contributed by atoms with E-state index in [1.165, 1.54) is 0 Å². The van der Waals surface area contributed by atoms with E-state index >= 15 is 0 Å². The fourth-order valence-electron chi connectivity index (χ4n) is 5.76. The third-order valence-corrected chi connectivity index (χ3v) is 7.90. The Hall–Kier alpha value is -3.36. The SMILES string of the molecule is CCCCCOc1ccc(C2/C(=C(\O)c3ccc4c(c3)CC(C)O4)C(=O)C(=O)N2CCCN2CCOCC2)cc1. The van der Waals surface area contributed by atoms with Crippen LogP contribution in [0.15, 0.2) is 48.0 Å². The highest BCUT2D eigenvalue weighted by Gasteiger charge is 2.46. The number of likely N-dealkylation sites (tertiary alicyclic amines) is 1. The summed E-state index contributed by atoms with van der Waals surface area (Å²) in [4.78, 5) is 30.7. The van der Waals surface area contributed by atoms with Crippen LogP contribution in [0.5, 0.6) is 11.5 Å². The molecule has 2 saturated heterocycles. The van der Waals surface area contributed by atoms with Gasteiger partial charge in [0.05, 0.1) is 31.4 Å². The van der Waals surface area contributed by atoms with Crippen LogP contribution in [0, 0.1) is 0 Å². The van der Waals surface area contributed by atoms with Gasteiger partial charge in [0.2, 0.25) is 0 Å². The van der Waals surface area contributed by atoms with Crippen LogP contribution < -0.4 is 9.47 Å². The molecule has 40 heavy (non-hydrogen) atoms. The maximum absolute atomic E-state index is 13.4. The summed E-state index contributed by atoms with van der Waals surface area (Å²) in [7, 11) is 0. The van der Waals surface area contributed by atoms with Crippen LogP contribution in [-0.4, -0.2) is 78.7 Å². The van der Waals surface area contributed by atoms with Gasteiger partial charge < -0.3 is 24.2 Å². The summed E-state index contributed by atoms with van der Waals surface area (Å²) in [6.45, 7) is 9.17. The molecule has 1 amide bonds. The van der Waals surface area contributed by atoms with E-state index in [0.29, 0.717) is 31.9 Å². The van der Waals surface area contributed by atoms with Gasteiger partial charge in [-0.3, -0.25) is 14.5 Å². The first-order valence-corrected chi connectivity index (χ1v) is 14.6. The van der Waals surface area contributed by atoms with Crippen molar-refractivity contribution in [3.63, 3.8) is 0 Å². The molecule has 8 nitrogen and oxygen atoms in total. The summed E-state index contributed by atoms with van der Waals surface area (Å²) >= 11 is 0. The third-order valence-electron chi connectivity index (χ3n) is 7.90. The van der Waals surface area contributed by atoms with E-state index in [4.69, 9.17) is 14.2 Å². The number of carbonyl (C=O) groups is 2. The Morgan fingerprint density at radius 2 is 1.80 bits per heavy atom. The number of ether oxygens (including phenoxy) is 3. The number of benzene rings is 2. The van der Waals surface area contributed by atoms with E-state index in [-0.39, 0.29) is 17.4 Å². The van der Waals surface area contributed by atoms with Crippen molar-refractivity contribution in [2.45, 2.75) is 58.1 Å². The molecule has 8 heteroatoms. The second-order valence-electron chi connectivity index (χ2n) is 10.9. The van der Waals surface area contributed by atoms with Gasteiger partial charge in [-0.2, -0.15) is 0 Å². The number of morpholine rings is 1. The monoisotopic (exact) mass is 548 g/mol. The number of ketones is 1. The number of unbranched alkanes of at least 4 members (excludes halogenated alkanes) is 2. The first-order chi connectivity index (χ1) is 19.5. The van der Waals surface area contributed by atoms with Crippen molar-refractivity contribution in [2.75, 3.05) is 46.0 Å². The van der Waals surface area contributed by atoms with E-state index in [0.717, 1.165) is 74.4 Å². The normalized spacial score (nSPS) is 22.4. The van der Waals surface area contributed by atoms with Crippen molar-refractivity contribution in [1.29, 1.82) is 0 Å². The van der Waals surface area contributed by atoms with Crippen molar-refractivity contribution in [3.8, 4) is 11.5 Å². The Labute approximate surface area is 236 Å². The average Bonchev–Trinajstić information content (AvgIpc) is 3.47. The maximum Gasteiger partial charge on any atom is 0.295 e. The molecule has 2 unspecified atom stereocenters.